The second-order valence-electron chi connectivity index (χ2n) is 3.39. The summed E-state index contributed by atoms with van der Waals surface area (Å²) in [6.45, 7) is 1.34. The molecule has 0 saturated carbocycles. The van der Waals surface area contributed by atoms with E-state index in [2.05, 4.69) is 5.10 Å². The predicted molar refractivity (Wildman–Crippen MR) is 50.4 cm³/mol. The van der Waals surface area contributed by atoms with Gasteiger partial charge in [0.15, 0.2) is 6.29 Å². The summed E-state index contributed by atoms with van der Waals surface area (Å²) in [6, 6.07) is 1.84. The number of rotatable bonds is 3. The zero-order chi connectivity index (χ0) is 9.97. The number of nitrogens with zero attached hydrogens (tertiary/aromatic N) is 2. The summed E-state index contributed by atoms with van der Waals surface area (Å²) < 4.78 is 12.4. The summed E-state index contributed by atoms with van der Waals surface area (Å²) in [7, 11) is 1.88. The van der Waals surface area contributed by atoms with E-state index in [0.717, 1.165) is 5.69 Å². The maximum absolute atomic E-state index is 6.00. The largest absolute Gasteiger partial charge is 0.350 e. The Morgan fingerprint density at radius 2 is 2.36 bits per heavy atom. The fraction of sp³-hybridized carbons (Fsp3) is 0.667. The summed E-state index contributed by atoms with van der Waals surface area (Å²) in [5.74, 6) is 0. The van der Waals surface area contributed by atoms with Crippen molar-refractivity contribution in [1.82, 2.24) is 9.78 Å². The minimum atomic E-state index is -0.153. The van der Waals surface area contributed by atoms with Crippen LogP contribution in [0.4, 0.5) is 0 Å². The molecule has 2 rings (SSSR count). The van der Waals surface area contributed by atoms with E-state index in [0.29, 0.717) is 19.6 Å². The lowest BCUT2D eigenvalue weighted by molar-refractivity contribution is -0.0511. The molecule has 1 aromatic rings. The highest BCUT2D eigenvalue weighted by molar-refractivity contribution is 5.05. The van der Waals surface area contributed by atoms with Gasteiger partial charge < -0.3 is 15.2 Å². The summed E-state index contributed by atoms with van der Waals surface area (Å²) in [6.07, 6.45) is 2.27. The first-order valence-corrected chi connectivity index (χ1v) is 4.74. The average Bonchev–Trinajstić information content (AvgIpc) is 2.75. The van der Waals surface area contributed by atoms with Gasteiger partial charge in [-0.25, -0.2) is 0 Å². The molecule has 1 aliphatic heterocycles. The molecule has 5 heteroatoms. The Kier molecular flexibility index (Phi) is 2.81. The molecule has 1 aliphatic rings. The third-order valence-corrected chi connectivity index (χ3v) is 2.38. The smallest absolute Gasteiger partial charge is 0.159 e. The molecule has 0 aromatic carbocycles. The van der Waals surface area contributed by atoms with Crippen molar-refractivity contribution in [3.05, 3.63) is 18.0 Å². The molecule has 1 aromatic heterocycles. The third kappa shape index (κ3) is 1.95. The molecular formula is C9H15N3O2. The van der Waals surface area contributed by atoms with Crippen molar-refractivity contribution < 1.29 is 9.47 Å². The molecule has 2 heterocycles. The van der Waals surface area contributed by atoms with Gasteiger partial charge in [0, 0.05) is 19.7 Å². The molecule has 0 spiro atoms. The number of nitrogens with two attached hydrogens (primary N) is 1. The minimum absolute atomic E-state index is 0.0781. The highest BCUT2D eigenvalue weighted by Gasteiger charge is 2.21. The van der Waals surface area contributed by atoms with Gasteiger partial charge in [-0.2, -0.15) is 5.10 Å². The van der Waals surface area contributed by atoms with Gasteiger partial charge in [0.05, 0.1) is 24.9 Å². The predicted octanol–water partition coefficient (Wildman–Crippen LogP) is 0.183. The number of aromatic nitrogens is 2. The molecular weight excluding hydrogens is 182 g/mol. The summed E-state index contributed by atoms with van der Waals surface area (Å²) in [5.41, 5.74) is 7.00. The van der Waals surface area contributed by atoms with Gasteiger partial charge in [0.2, 0.25) is 0 Å². The van der Waals surface area contributed by atoms with E-state index >= 15 is 0 Å². The maximum Gasteiger partial charge on any atom is 0.159 e. The first-order valence-electron chi connectivity index (χ1n) is 4.74. The van der Waals surface area contributed by atoms with Crippen molar-refractivity contribution in [3.8, 4) is 0 Å². The first kappa shape index (κ1) is 9.64. The Morgan fingerprint density at radius 1 is 1.64 bits per heavy atom. The Balaban J connectivity index is 1.95. The SMILES string of the molecule is Cn1nccc1C(N)CC1OCCO1. The lowest BCUT2D eigenvalue weighted by Crippen LogP contribution is -2.21. The topological polar surface area (TPSA) is 62.3 Å². The first-order chi connectivity index (χ1) is 6.77. The number of hydrogen-bond acceptors (Lipinski definition) is 4. The van der Waals surface area contributed by atoms with Gasteiger partial charge in [-0.05, 0) is 6.07 Å². The lowest BCUT2D eigenvalue weighted by Gasteiger charge is -2.15. The highest BCUT2D eigenvalue weighted by atomic mass is 16.7. The molecule has 5 nitrogen and oxygen atoms in total. The van der Waals surface area contributed by atoms with Crippen molar-refractivity contribution in [1.29, 1.82) is 0 Å². The van der Waals surface area contributed by atoms with E-state index in [9.17, 15) is 0 Å². The van der Waals surface area contributed by atoms with Crippen LogP contribution in [-0.2, 0) is 16.5 Å². The van der Waals surface area contributed by atoms with Gasteiger partial charge in [-0.15, -0.1) is 0 Å². The molecule has 1 atom stereocenters. The normalized spacial score (nSPS) is 20.1. The molecule has 78 valence electrons. The van der Waals surface area contributed by atoms with Crippen LogP contribution in [-0.4, -0.2) is 29.3 Å². The van der Waals surface area contributed by atoms with Gasteiger partial charge in [-0.1, -0.05) is 0 Å². The van der Waals surface area contributed by atoms with Crippen molar-refractivity contribution in [2.45, 2.75) is 18.8 Å². The summed E-state index contributed by atoms with van der Waals surface area (Å²) in [4.78, 5) is 0. The molecule has 0 radical (unpaired) electrons. The Hall–Kier alpha value is -0.910. The van der Waals surface area contributed by atoms with Gasteiger partial charge in [0.1, 0.15) is 0 Å². The van der Waals surface area contributed by atoms with Crippen molar-refractivity contribution in [2.75, 3.05) is 13.2 Å². The second kappa shape index (κ2) is 4.08. The van der Waals surface area contributed by atoms with Gasteiger partial charge >= 0.3 is 0 Å². The van der Waals surface area contributed by atoms with E-state index < -0.39 is 0 Å². The van der Waals surface area contributed by atoms with Gasteiger partial charge in [0.25, 0.3) is 0 Å². The van der Waals surface area contributed by atoms with Crippen molar-refractivity contribution in [3.63, 3.8) is 0 Å². The Labute approximate surface area is 82.8 Å². The second-order valence-corrected chi connectivity index (χ2v) is 3.39. The average molecular weight is 197 g/mol. The molecule has 0 aliphatic carbocycles. The van der Waals surface area contributed by atoms with Crippen LogP contribution in [0, 0.1) is 0 Å². The van der Waals surface area contributed by atoms with Crippen molar-refractivity contribution >= 4 is 0 Å². The fourth-order valence-corrected chi connectivity index (χ4v) is 1.62. The maximum atomic E-state index is 6.00. The van der Waals surface area contributed by atoms with E-state index in [1.54, 1.807) is 10.9 Å². The van der Waals surface area contributed by atoms with Crippen molar-refractivity contribution in [2.24, 2.45) is 12.8 Å². The molecule has 0 bridgehead atoms. The molecule has 2 N–H and O–H groups in total. The summed E-state index contributed by atoms with van der Waals surface area (Å²) in [5, 5.41) is 4.07. The van der Waals surface area contributed by atoms with Crippen LogP contribution in [0.3, 0.4) is 0 Å². The minimum Gasteiger partial charge on any atom is -0.350 e. The third-order valence-electron chi connectivity index (χ3n) is 2.38. The van der Waals surface area contributed by atoms with Crippen LogP contribution in [0.1, 0.15) is 18.2 Å². The number of ether oxygens (including phenoxy) is 2. The number of hydrogen-bond donors (Lipinski definition) is 1. The molecule has 1 fully saturated rings. The Bertz CT molecular complexity index is 294. The molecule has 1 unspecified atom stereocenters. The number of aryl methyl sites for hydroxylation is 1. The van der Waals surface area contributed by atoms with Crippen LogP contribution in [0.15, 0.2) is 12.3 Å². The van der Waals surface area contributed by atoms with Crippen LogP contribution in [0.2, 0.25) is 0 Å². The standard InChI is InChI=1S/C9H15N3O2/c1-12-8(2-3-11-12)7(10)6-9-13-4-5-14-9/h2-3,7,9H,4-6,10H2,1H3. The monoisotopic (exact) mass is 197 g/mol. The zero-order valence-corrected chi connectivity index (χ0v) is 8.22. The van der Waals surface area contributed by atoms with E-state index in [-0.39, 0.29) is 12.3 Å². The van der Waals surface area contributed by atoms with E-state index in [1.807, 2.05) is 13.1 Å². The van der Waals surface area contributed by atoms with E-state index in [1.165, 1.54) is 0 Å². The quantitative estimate of drug-likeness (QED) is 0.751. The van der Waals surface area contributed by atoms with Crippen LogP contribution >= 0.6 is 0 Å². The van der Waals surface area contributed by atoms with Crippen LogP contribution in [0.25, 0.3) is 0 Å². The summed E-state index contributed by atoms with van der Waals surface area (Å²) >= 11 is 0. The van der Waals surface area contributed by atoms with Crippen LogP contribution in [0.5, 0.6) is 0 Å². The zero-order valence-electron chi connectivity index (χ0n) is 8.22. The molecule has 14 heavy (non-hydrogen) atoms. The fourth-order valence-electron chi connectivity index (χ4n) is 1.62. The molecule has 1 saturated heterocycles. The van der Waals surface area contributed by atoms with E-state index in [4.69, 9.17) is 15.2 Å². The lowest BCUT2D eigenvalue weighted by atomic mass is 10.1. The molecule has 0 amide bonds. The van der Waals surface area contributed by atoms with Crippen LogP contribution < -0.4 is 5.73 Å². The Morgan fingerprint density at radius 3 is 2.93 bits per heavy atom. The highest BCUT2D eigenvalue weighted by Crippen LogP contribution is 2.19. The van der Waals surface area contributed by atoms with Gasteiger partial charge in [-0.3, -0.25) is 4.68 Å².